The Bertz CT molecular complexity index is 9.65. The summed E-state index contributed by atoms with van der Waals surface area (Å²) in [6.45, 7) is 0. The summed E-state index contributed by atoms with van der Waals surface area (Å²) >= 11 is 2.94. The van der Waals surface area contributed by atoms with Crippen molar-refractivity contribution in [3.8, 4) is 0 Å². The molecule has 0 aromatic carbocycles. The first-order valence-electron chi connectivity index (χ1n) is 0.123. The van der Waals surface area contributed by atoms with E-state index in [9.17, 15) is 0 Å². The molecule has 0 rings (SSSR count). The molecule has 0 amide bonds. The summed E-state index contributed by atoms with van der Waals surface area (Å²) in [7, 11) is 0. The van der Waals surface area contributed by atoms with Crippen LogP contribution < -0.4 is 0 Å². The normalized spacial score (nSPS) is 0.857. The number of hydrogen-bond donors (Lipinski definition) is 0. The predicted molar refractivity (Wildman–Crippen MR) is 2.75 cm³/mol. The molecule has 0 aliphatic rings. The van der Waals surface area contributed by atoms with Gasteiger partial charge in [-0.1, -0.05) is 0 Å². The van der Waals surface area contributed by atoms with Crippen LogP contribution in [0.5, 0.6) is 0 Å². The van der Waals surface area contributed by atoms with E-state index in [1.165, 1.54) is 0 Å². The first kappa shape index (κ1) is 48.6. The maximum atomic E-state index is 7.81. The van der Waals surface area contributed by atoms with Gasteiger partial charge in [-0.3, -0.25) is 0 Å². The van der Waals surface area contributed by atoms with Crippen LogP contribution in [0, 0.1) is 93.8 Å². The second-order valence-corrected chi connectivity index (χ2v) is 0. The van der Waals surface area contributed by atoms with E-state index in [0.29, 0.717) is 0 Å². The average molecular weight is 474 g/mol. The molecule has 0 spiro atoms. The molecule has 2 radical (unpaired) electrons. The van der Waals surface area contributed by atoms with Crippen molar-refractivity contribution in [3.05, 3.63) is 0 Å². The van der Waals surface area contributed by atoms with Crippen molar-refractivity contribution in [1.29, 1.82) is 0 Å². The molecule has 0 unspecified atom stereocenters. The molecular formula is CuO4Yb2. The van der Waals surface area contributed by atoms with Crippen molar-refractivity contribution in [2.24, 2.45) is 0 Å². The standard InChI is InChI=1S/Cu.4O.2Yb/q;;3*-2;2*+3. The summed E-state index contributed by atoms with van der Waals surface area (Å²) in [5.74, 6) is 0. The molecule has 0 heterocycles. The van der Waals surface area contributed by atoms with Gasteiger partial charge in [-0.25, -0.2) is 0 Å². The quantitative estimate of drug-likeness (QED) is 0.436. The van der Waals surface area contributed by atoms with Gasteiger partial charge in [-0.05, 0) is 0 Å². The summed E-state index contributed by atoms with van der Waals surface area (Å²) < 4.78 is 7.81. The van der Waals surface area contributed by atoms with E-state index in [2.05, 4.69) is 15.9 Å². The first-order valence-corrected chi connectivity index (χ1v) is 0.508. The van der Waals surface area contributed by atoms with E-state index < -0.39 is 0 Å². The molecule has 7 heteroatoms. The minimum Gasteiger partial charge on any atom is 3.00 e. The third kappa shape index (κ3) is 46.2. The predicted octanol–water partition coefficient (Wildman–Crippen LogP) is -0.478. The van der Waals surface area contributed by atoms with Crippen LogP contribution in [0.4, 0.5) is 0 Å². The maximum Gasteiger partial charge on any atom is 3.00 e. The van der Waals surface area contributed by atoms with E-state index in [4.69, 9.17) is 3.83 Å². The largest absolute Gasteiger partial charge is 3.00 e. The van der Waals surface area contributed by atoms with Gasteiger partial charge < -0.3 is 16.4 Å². The molecule has 7 heavy (non-hydrogen) atoms. The topological polar surface area (TPSA) is 103 Å². The Balaban J connectivity index is -0.000000000500. The van der Waals surface area contributed by atoms with Crippen molar-refractivity contribution >= 4 is 0 Å². The van der Waals surface area contributed by atoms with Crippen molar-refractivity contribution < 1.29 is 130 Å². The molecule has 63 valence electrons. The Kier molecular flexibility index (Phi) is 415. The zero-order chi connectivity index (χ0) is 2.00. The second-order valence-electron chi connectivity index (χ2n) is 0. The fraction of sp³-hybridized carbons (Fsp3) is 0. The summed E-state index contributed by atoms with van der Waals surface area (Å²) in [5.41, 5.74) is 0. The Morgan fingerprint density at radius 3 is 0.714 bits per heavy atom. The number of hydrogen-bond acceptors (Lipinski definition) is 1. The Hall–Kier alpha value is 3.24. The van der Waals surface area contributed by atoms with Gasteiger partial charge in [0.25, 0.3) is 0 Å². The molecule has 0 bridgehead atoms. The molecule has 0 atom stereocenters. The zero-order valence-corrected chi connectivity index (χ0v) is 6.84. The van der Waals surface area contributed by atoms with Crippen LogP contribution in [-0.4, -0.2) is 0 Å². The van der Waals surface area contributed by atoms with Crippen LogP contribution in [-0.2, 0) is 36.2 Å². The third-order valence-corrected chi connectivity index (χ3v) is 0. The van der Waals surface area contributed by atoms with Crippen LogP contribution in [0.3, 0.4) is 0 Å². The Morgan fingerprint density at radius 1 is 0.714 bits per heavy atom. The monoisotopic (exact) mass is 475 g/mol. The summed E-state index contributed by atoms with van der Waals surface area (Å²) in [4.78, 5) is 0. The molecule has 0 aliphatic carbocycles. The van der Waals surface area contributed by atoms with E-state index >= 15 is 0 Å². The van der Waals surface area contributed by atoms with Crippen LogP contribution in [0.2, 0.25) is 0 Å². The van der Waals surface area contributed by atoms with Crippen molar-refractivity contribution in [1.82, 2.24) is 0 Å². The van der Waals surface area contributed by atoms with Gasteiger partial charge in [0.15, 0.2) is 0 Å². The fourth-order valence-electron chi connectivity index (χ4n) is 0. The van der Waals surface area contributed by atoms with Crippen LogP contribution >= 0.6 is 0 Å². The van der Waals surface area contributed by atoms with Crippen LogP contribution in [0.15, 0.2) is 0 Å². The summed E-state index contributed by atoms with van der Waals surface area (Å²) in [5, 5.41) is 0. The van der Waals surface area contributed by atoms with Crippen molar-refractivity contribution in [2.45, 2.75) is 0 Å². The Labute approximate surface area is 127 Å². The second kappa shape index (κ2) is 59.8. The van der Waals surface area contributed by atoms with Gasteiger partial charge in [-0.2, -0.15) is 0 Å². The molecule has 0 fully saturated rings. The molecule has 4 nitrogen and oxygen atoms in total. The minimum absolute atomic E-state index is 0. The van der Waals surface area contributed by atoms with Crippen LogP contribution in [0.1, 0.15) is 0 Å². The smallest absolute Gasteiger partial charge is 3.00 e. The zero-order valence-electron chi connectivity index (χ0n) is 2.47. The van der Waals surface area contributed by atoms with Crippen molar-refractivity contribution in [3.63, 3.8) is 0 Å². The van der Waals surface area contributed by atoms with E-state index in [1.807, 2.05) is 0 Å². The SMILES string of the molecule is [O-2].[O-2].[O-2].[O]=[Cu].[Yb+3].[Yb+3]. The minimum atomic E-state index is 0. The van der Waals surface area contributed by atoms with Gasteiger partial charge in [0.2, 0.25) is 0 Å². The van der Waals surface area contributed by atoms with Crippen molar-refractivity contribution in [2.75, 3.05) is 0 Å². The first-order chi connectivity index (χ1) is 1.00. The molecule has 0 saturated carbocycles. The Morgan fingerprint density at radius 2 is 0.714 bits per heavy atom. The molecule has 0 N–H and O–H groups in total. The fourth-order valence-corrected chi connectivity index (χ4v) is 0. The molecule has 0 aliphatic heterocycles. The maximum absolute atomic E-state index is 7.81. The number of rotatable bonds is 0. The summed E-state index contributed by atoms with van der Waals surface area (Å²) in [6, 6.07) is 0. The van der Waals surface area contributed by atoms with E-state index in [1.54, 1.807) is 0 Å². The van der Waals surface area contributed by atoms with Crippen LogP contribution in [0.25, 0.3) is 0 Å². The third-order valence-electron chi connectivity index (χ3n) is 0. The summed E-state index contributed by atoms with van der Waals surface area (Å²) in [6.07, 6.45) is 0. The van der Waals surface area contributed by atoms with E-state index in [0.717, 1.165) is 0 Å². The van der Waals surface area contributed by atoms with Gasteiger partial charge in [0.1, 0.15) is 0 Å². The van der Waals surface area contributed by atoms with Gasteiger partial charge in [0.05, 0.1) is 0 Å². The molecule has 0 aromatic rings. The molecule has 0 saturated heterocycles. The average Bonchev–Trinajstić information content (AvgIpc) is 1.00. The molecular weight excluding hydrogens is 474 g/mol. The van der Waals surface area contributed by atoms with Gasteiger partial charge >= 0.3 is 114 Å². The molecule has 0 aromatic heterocycles. The van der Waals surface area contributed by atoms with Gasteiger partial charge in [0, 0.05) is 0 Å². The van der Waals surface area contributed by atoms with E-state index in [-0.39, 0.29) is 110 Å². The van der Waals surface area contributed by atoms with Gasteiger partial charge in [-0.15, -0.1) is 0 Å².